The van der Waals surface area contributed by atoms with Crippen molar-refractivity contribution in [2.75, 3.05) is 0 Å². The molecular weight excluding hydrogens is 204 g/mol. The van der Waals surface area contributed by atoms with Crippen molar-refractivity contribution in [1.29, 1.82) is 0 Å². The SMILES string of the molecule is C#CCc1cccc(O)c1Br. The fourth-order valence-corrected chi connectivity index (χ4v) is 1.22. The fourth-order valence-electron chi connectivity index (χ4n) is 0.813. The van der Waals surface area contributed by atoms with E-state index in [1.165, 1.54) is 0 Å². The molecule has 1 rings (SSSR count). The standard InChI is InChI=1S/C9H7BrO/c1-2-4-7-5-3-6-8(11)9(7)10/h1,3,5-6,11H,4H2. The van der Waals surface area contributed by atoms with Crippen molar-refractivity contribution in [3.63, 3.8) is 0 Å². The van der Waals surface area contributed by atoms with Crippen molar-refractivity contribution in [2.45, 2.75) is 6.42 Å². The molecule has 1 aromatic carbocycles. The van der Waals surface area contributed by atoms with E-state index in [9.17, 15) is 5.11 Å². The average Bonchev–Trinajstić information content (AvgIpc) is 1.99. The third kappa shape index (κ3) is 1.75. The van der Waals surface area contributed by atoms with E-state index in [1.54, 1.807) is 12.1 Å². The molecule has 0 aliphatic rings. The summed E-state index contributed by atoms with van der Waals surface area (Å²) >= 11 is 3.24. The maximum atomic E-state index is 9.21. The Morgan fingerprint density at radius 1 is 1.55 bits per heavy atom. The molecule has 0 heterocycles. The van der Waals surface area contributed by atoms with E-state index in [1.807, 2.05) is 6.07 Å². The molecule has 11 heavy (non-hydrogen) atoms. The lowest BCUT2D eigenvalue weighted by molar-refractivity contribution is 0.471. The van der Waals surface area contributed by atoms with Crippen LogP contribution >= 0.6 is 15.9 Å². The Hall–Kier alpha value is -0.940. The summed E-state index contributed by atoms with van der Waals surface area (Å²) in [6.07, 6.45) is 5.66. The van der Waals surface area contributed by atoms with Gasteiger partial charge in [-0.3, -0.25) is 0 Å². The highest BCUT2D eigenvalue weighted by atomic mass is 79.9. The van der Waals surface area contributed by atoms with Gasteiger partial charge >= 0.3 is 0 Å². The molecule has 0 saturated carbocycles. The van der Waals surface area contributed by atoms with E-state index in [0.717, 1.165) is 5.56 Å². The zero-order valence-electron chi connectivity index (χ0n) is 5.84. The number of phenolic OH excluding ortho intramolecular Hbond substituents is 1. The normalized spacial score (nSPS) is 9.09. The van der Waals surface area contributed by atoms with Gasteiger partial charge in [0.25, 0.3) is 0 Å². The Balaban J connectivity index is 3.08. The largest absolute Gasteiger partial charge is 0.507 e. The van der Waals surface area contributed by atoms with Gasteiger partial charge in [-0.05, 0) is 27.6 Å². The lowest BCUT2D eigenvalue weighted by atomic mass is 10.1. The lowest BCUT2D eigenvalue weighted by Crippen LogP contribution is -1.82. The summed E-state index contributed by atoms with van der Waals surface area (Å²) in [6, 6.07) is 5.26. The van der Waals surface area contributed by atoms with Crippen molar-refractivity contribution in [2.24, 2.45) is 0 Å². The van der Waals surface area contributed by atoms with Crippen LogP contribution in [0.15, 0.2) is 22.7 Å². The van der Waals surface area contributed by atoms with Gasteiger partial charge < -0.3 is 5.11 Å². The zero-order chi connectivity index (χ0) is 8.27. The first-order valence-corrected chi connectivity index (χ1v) is 3.95. The maximum absolute atomic E-state index is 9.21. The van der Waals surface area contributed by atoms with E-state index in [-0.39, 0.29) is 5.75 Å². The molecule has 1 nitrogen and oxygen atoms in total. The van der Waals surface area contributed by atoms with E-state index >= 15 is 0 Å². The predicted octanol–water partition coefficient (Wildman–Crippen LogP) is 2.33. The second kappa shape index (κ2) is 3.45. The van der Waals surface area contributed by atoms with Crippen molar-refractivity contribution < 1.29 is 5.11 Å². The second-order valence-corrected chi connectivity index (χ2v) is 2.92. The predicted molar refractivity (Wildman–Crippen MR) is 48.3 cm³/mol. The average molecular weight is 211 g/mol. The molecular formula is C9H7BrO. The zero-order valence-corrected chi connectivity index (χ0v) is 7.43. The van der Waals surface area contributed by atoms with Gasteiger partial charge in [0.1, 0.15) is 5.75 Å². The smallest absolute Gasteiger partial charge is 0.130 e. The monoisotopic (exact) mass is 210 g/mol. The van der Waals surface area contributed by atoms with Crippen LogP contribution in [0.3, 0.4) is 0 Å². The number of halogens is 1. The molecule has 0 atom stereocenters. The molecule has 0 amide bonds. The summed E-state index contributed by atoms with van der Waals surface area (Å²) in [6.45, 7) is 0. The topological polar surface area (TPSA) is 20.2 Å². The van der Waals surface area contributed by atoms with E-state index in [2.05, 4.69) is 21.9 Å². The van der Waals surface area contributed by atoms with Crippen LogP contribution in [0.5, 0.6) is 5.75 Å². The van der Waals surface area contributed by atoms with Crippen LogP contribution < -0.4 is 0 Å². The summed E-state index contributed by atoms with van der Waals surface area (Å²) in [5.41, 5.74) is 0.938. The molecule has 0 aliphatic heterocycles. The molecule has 0 spiro atoms. The first-order chi connectivity index (χ1) is 5.25. The van der Waals surface area contributed by atoms with Crippen molar-refractivity contribution >= 4 is 15.9 Å². The van der Waals surface area contributed by atoms with E-state index in [0.29, 0.717) is 10.9 Å². The highest BCUT2D eigenvalue weighted by Gasteiger charge is 2.01. The lowest BCUT2D eigenvalue weighted by Gasteiger charge is -2.00. The van der Waals surface area contributed by atoms with Crippen molar-refractivity contribution in [1.82, 2.24) is 0 Å². The van der Waals surface area contributed by atoms with Gasteiger partial charge in [0.15, 0.2) is 0 Å². The minimum absolute atomic E-state index is 0.234. The van der Waals surface area contributed by atoms with Crippen molar-refractivity contribution in [3.05, 3.63) is 28.2 Å². The Bertz CT molecular complexity index is 299. The summed E-state index contributed by atoms with van der Waals surface area (Å²) in [7, 11) is 0. The Morgan fingerprint density at radius 2 is 2.27 bits per heavy atom. The second-order valence-electron chi connectivity index (χ2n) is 2.13. The minimum Gasteiger partial charge on any atom is -0.507 e. The highest BCUT2D eigenvalue weighted by Crippen LogP contribution is 2.27. The molecule has 0 radical (unpaired) electrons. The Labute approximate surface area is 74.2 Å². The van der Waals surface area contributed by atoms with Crippen LogP contribution in [0.25, 0.3) is 0 Å². The van der Waals surface area contributed by atoms with Crippen LogP contribution in [-0.2, 0) is 6.42 Å². The third-order valence-electron chi connectivity index (χ3n) is 1.35. The van der Waals surface area contributed by atoms with E-state index < -0.39 is 0 Å². The summed E-state index contributed by atoms with van der Waals surface area (Å²) in [5, 5.41) is 9.21. The maximum Gasteiger partial charge on any atom is 0.130 e. The number of rotatable bonds is 1. The highest BCUT2D eigenvalue weighted by molar-refractivity contribution is 9.10. The molecule has 0 bridgehead atoms. The van der Waals surface area contributed by atoms with Crippen LogP contribution in [-0.4, -0.2) is 5.11 Å². The summed E-state index contributed by atoms with van der Waals surface area (Å²) < 4.78 is 0.693. The fraction of sp³-hybridized carbons (Fsp3) is 0.111. The molecule has 0 aliphatic carbocycles. The molecule has 0 saturated heterocycles. The van der Waals surface area contributed by atoms with Gasteiger partial charge in [0.2, 0.25) is 0 Å². The van der Waals surface area contributed by atoms with Crippen LogP contribution in [0, 0.1) is 12.3 Å². The van der Waals surface area contributed by atoms with Crippen LogP contribution in [0.4, 0.5) is 0 Å². The molecule has 0 fully saturated rings. The molecule has 1 N–H and O–H groups in total. The van der Waals surface area contributed by atoms with Gasteiger partial charge in [0, 0.05) is 6.42 Å². The van der Waals surface area contributed by atoms with Crippen LogP contribution in [0.2, 0.25) is 0 Å². The van der Waals surface area contributed by atoms with Gasteiger partial charge in [-0.25, -0.2) is 0 Å². The minimum atomic E-state index is 0.234. The number of hydrogen-bond donors (Lipinski definition) is 1. The summed E-state index contributed by atoms with van der Waals surface area (Å²) in [5.74, 6) is 2.74. The molecule has 0 aromatic heterocycles. The van der Waals surface area contributed by atoms with Gasteiger partial charge in [-0.2, -0.15) is 0 Å². The Morgan fingerprint density at radius 3 is 2.91 bits per heavy atom. The quantitative estimate of drug-likeness (QED) is 0.706. The van der Waals surface area contributed by atoms with Crippen LogP contribution in [0.1, 0.15) is 5.56 Å². The molecule has 2 heteroatoms. The first-order valence-electron chi connectivity index (χ1n) is 3.15. The van der Waals surface area contributed by atoms with Gasteiger partial charge in [-0.1, -0.05) is 12.1 Å². The number of terminal acetylenes is 1. The van der Waals surface area contributed by atoms with E-state index in [4.69, 9.17) is 6.42 Å². The van der Waals surface area contributed by atoms with Gasteiger partial charge in [0.05, 0.1) is 4.47 Å². The number of aromatic hydroxyl groups is 1. The summed E-state index contributed by atoms with van der Waals surface area (Å²) in [4.78, 5) is 0. The number of benzene rings is 1. The molecule has 56 valence electrons. The molecule has 0 unspecified atom stereocenters. The van der Waals surface area contributed by atoms with Gasteiger partial charge in [-0.15, -0.1) is 12.3 Å². The number of phenols is 1. The van der Waals surface area contributed by atoms with Crippen molar-refractivity contribution in [3.8, 4) is 18.1 Å². The first kappa shape index (κ1) is 8.16. The number of hydrogen-bond acceptors (Lipinski definition) is 1. The third-order valence-corrected chi connectivity index (χ3v) is 2.27. The molecule has 1 aromatic rings. The Kier molecular flexibility index (Phi) is 2.56.